The van der Waals surface area contributed by atoms with Gasteiger partial charge in [-0.25, -0.2) is 4.98 Å². The zero-order valence-electron chi connectivity index (χ0n) is 10.0. The summed E-state index contributed by atoms with van der Waals surface area (Å²) in [4.78, 5) is 16.2. The number of hydrogen-bond donors (Lipinski definition) is 1. The lowest BCUT2D eigenvalue weighted by Crippen LogP contribution is -2.23. The highest BCUT2D eigenvalue weighted by Crippen LogP contribution is 2.33. The highest BCUT2D eigenvalue weighted by molar-refractivity contribution is 5.33. The Morgan fingerprint density at radius 3 is 2.78 bits per heavy atom. The predicted molar refractivity (Wildman–Crippen MR) is 70.5 cm³/mol. The van der Waals surface area contributed by atoms with Crippen molar-refractivity contribution >= 4 is 5.82 Å². The molecule has 1 aliphatic carbocycles. The van der Waals surface area contributed by atoms with Gasteiger partial charge in [-0.2, -0.15) is 0 Å². The quantitative estimate of drug-likeness (QED) is 0.892. The lowest BCUT2D eigenvalue weighted by molar-refractivity contribution is 0.699. The average Bonchev–Trinajstić information content (AvgIpc) is 3.23. The Hall–Kier alpha value is -2.10. The Bertz CT molecular complexity index is 587. The van der Waals surface area contributed by atoms with Gasteiger partial charge in [0.2, 0.25) is 0 Å². The molecule has 1 fully saturated rings. The van der Waals surface area contributed by atoms with Gasteiger partial charge in [0.1, 0.15) is 0 Å². The van der Waals surface area contributed by atoms with E-state index in [0.717, 1.165) is 18.4 Å². The van der Waals surface area contributed by atoms with Gasteiger partial charge in [-0.05, 0) is 18.4 Å². The molecule has 4 heteroatoms. The second-order valence-corrected chi connectivity index (χ2v) is 4.56. The first-order valence-electron chi connectivity index (χ1n) is 6.19. The predicted octanol–water partition coefficient (Wildman–Crippen LogP) is 2.19. The molecule has 2 aromatic rings. The lowest BCUT2D eigenvalue weighted by Gasteiger charge is -2.08. The van der Waals surface area contributed by atoms with E-state index in [4.69, 9.17) is 0 Å². The molecule has 1 saturated carbocycles. The minimum atomic E-state index is -0.0177. The second-order valence-electron chi connectivity index (χ2n) is 4.56. The van der Waals surface area contributed by atoms with Crippen molar-refractivity contribution in [2.24, 2.45) is 0 Å². The summed E-state index contributed by atoms with van der Waals surface area (Å²) < 4.78 is 1.78. The fourth-order valence-electron chi connectivity index (χ4n) is 1.97. The highest BCUT2D eigenvalue weighted by atomic mass is 16.1. The van der Waals surface area contributed by atoms with Crippen molar-refractivity contribution < 1.29 is 0 Å². The van der Waals surface area contributed by atoms with Gasteiger partial charge in [-0.3, -0.25) is 4.79 Å². The normalized spacial score (nSPS) is 14.4. The van der Waals surface area contributed by atoms with E-state index in [-0.39, 0.29) is 5.56 Å². The number of nitrogens with zero attached hydrogens (tertiary/aromatic N) is 2. The molecule has 0 atom stereocenters. The summed E-state index contributed by atoms with van der Waals surface area (Å²) in [5.41, 5.74) is 1.12. The maximum absolute atomic E-state index is 12.1. The van der Waals surface area contributed by atoms with Gasteiger partial charge in [0.25, 0.3) is 5.56 Å². The van der Waals surface area contributed by atoms with Gasteiger partial charge in [0, 0.05) is 25.0 Å². The summed E-state index contributed by atoms with van der Waals surface area (Å²) in [6, 6.07) is 10.4. The molecule has 1 N–H and O–H groups in total. The van der Waals surface area contributed by atoms with Crippen LogP contribution in [0.3, 0.4) is 0 Å². The van der Waals surface area contributed by atoms with E-state index in [1.807, 2.05) is 30.3 Å². The minimum absolute atomic E-state index is 0.0177. The van der Waals surface area contributed by atoms with Crippen molar-refractivity contribution in [3.63, 3.8) is 0 Å². The van der Waals surface area contributed by atoms with Crippen LogP contribution in [0, 0.1) is 0 Å². The molecule has 18 heavy (non-hydrogen) atoms. The summed E-state index contributed by atoms with van der Waals surface area (Å²) >= 11 is 0. The van der Waals surface area contributed by atoms with E-state index in [9.17, 15) is 4.79 Å². The second kappa shape index (κ2) is 4.64. The number of aromatic nitrogens is 2. The van der Waals surface area contributed by atoms with E-state index in [1.165, 1.54) is 0 Å². The smallest absolute Gasteiger partial charge is 0.293 e. The van der Waals surface area contributed by atoms with Crippen LogP contribution in [0.25, 0.3) is 0 Å². The first kappa shape index (κ1) is 11.0. The molecule has 3 rings (SSSR count). The standard InChI is InChI=1S/C14H15N3O/c18-14-13(15-8-9-17(14)12-6-7-12)16-10-11-4-2-1-3-5-11/h1-5,8-9,12H,6-7,10H2,(H,15,16). The van der Waals surface area contributed by atoms with Crippen molar-refractivity contribution in [1.29, 1.82) is 0 Å². The van der Waals surface area contributed by atoms with Crippen LogP contribution in [0.2, 0.25) is 0 Å². The van der Waals surface area contributed by atoms with E-state index in [0.29, 0.717) is 18.4 Å². The highest BCUT2D eigenvalue weighted by Gasteiger charge is 2.25. The fraction of sp³-hybridized carbons (Fsp3) is 0.286. The zero-order valence-corrected chi connectivity index (χ0v) is 10.0. The summed E-state index contributed by atoms with van der Waals surface area (Å²) in [5, 5.41) is 3.11. The molecule has 1 aromatic carbocycles. The molecular formula is C14H15N3O. The summed E-state index contributed by atoms with van der Waals surface area (Å²) in [6.07, 6.45) is 5.66. The van der Waals surface area contributed by atoms with Crippen LogP contribution in [0.1, 0.15) is 24.4 Å². The van der Waals surface area contributed by atoms with Gasteiger partial charge in [0.05, 0.1) is 0 Å². The molecule has 0 radical (unpaired) electrons. The Kier molecular flexibility index (Phi) is 2.84. The van der Waals surface area contributed by atoms with Gasteiger partial charge in [-0.1, -0.05) is 30.3 Å². The molecule has 92 valence electrons. The third kappa shape index (κ3) is 2.27. The topological polar surface area (TPSA) is 46.9 Å². The molecule has 0 spiro atoms. The van der Waals surface area contributed by atoms with Crippen LogP contribution in [-0.2, 0) is 6.54 Å². The fourth-order valence-corrected chi connectivity index (χ4v) is 1.97. The van der Waals surface area contributed by atoms with Crippen molar-refractivity contribution in [2.45, 2.75) is 25.4 Å². The SMILES string of the molecule is O=c1c(NCc2ccccc2)nccn1C1CC1. The molecule has 0 bridgehead atoms. The summed E-state index contributed by atoms with van der Waals surface area (Å²) in [6.45, 7) is 0.623. The molecule has 1 aliphatic rings. The monoisotopic (exact) mass is 241 g/mol. The molecule has 0 amide bonds. The molecular weight excluding hydrogens is 226 g/mol. The number of nitrogens with one attached hydrogen (secondary N) is 1. The van der Waals surface area contributed by atoms with Crippen LogP contribution in [0.15, 0.2) is 47.5 Å². The molecule has 0 aliphatic heterocycles. The van der Waals surface area contributed by atoms with Crippen molar-refractivity contribution in [1.82, 2.24) is 9.55 Å². The van der Waals surface area contributed by atoms with Gasteiger partial charge >= 0.3 is 0 Å². The number of hydrogen-bond acceptors (Lipinski definition) is 3. The van der Waals surface area contributed by atoms with E-state index < -0.39 is 0 Å². The van der Waals surface area contributed by atoms with Crippen LogP contribution < -0.4 is 10.9 Å². The summed E-state index contributed by atoms with van der Waals surface area (Å²) in [5.74, 6) is 0.438. The van der Waals surface area contributed by atoms with Crippen LogP contribution >= 0.6 is 0 Å². The Labute approximate surface area is 105 Å². The largest absolute Gasteiger partial charge is 0.361 e. The van der Waals surface area contributed by atoms with E-state index in [2.05, 4.69) is 10.3 Å². The van der Waals surface area contributed by atoms with Gasteiger partial charge < -0.3 is 9.88 Å². The minimum Gasteiger partial charge on any atom is -0.361 e. The molecule has 0 unspecified atom stereocenters. The number of anilines is 1. The average molecular weight is 241 g/mol. The maximum atomic E-state index is 12.1. The third-order valence-electron chi connectivity index (χ3n) is 3.11. The van der Waals surface area contributed by atoms with Crippen LogP contribution in [0.5, 0.6) is 0 Å². The first-order valence-corrected chi connectivity index (χ1v) is 6.19. The lowest BCUT2D eigenvalue weighted by atomic mass is 10.2. The van der Waals surface area contributed by atoms with Crippen molar-refractivity contribution in [2.75, 3.05) is 5.32 Å². The molecule has 1 aromatic heterocycles. The van der Waals surface area contributed by atoms with Crippen molar-refractivity contribution in [3.05, 3.63) is 58.6 Å². The van der Waals surface area contributed by atoms with Crippen LogP contribution in [0.4, 0.5) is 5.82 Å². The Balaban J connectivity index is 1.77. The molecule has 1 heterocycles. The molecule has 0 saturated heterocycles. The van der Waals surface area contributed by atoms with Gasteiger partial charge in [-0.15, -0.1) is 0 Å². The number of benzene rings is 1. The maximum Gasteiger partial charge on any atom is 0.293 e. The van der Waals surface area contributed by atoms with Crippen LogP contribution in [-0.4, -0.2) is 9.55 Å². The summed E-state index contributed by atoms with van der Waals surface area (Å²) in [7, 11) is 0. The first-order chi connectivity index (χ1) is 8.84. The zero-order chi connectivity index (χ0) is 12.4. The molecule has 4 nitrogen and oxygen atoms in total. The van der Waals surface area contributed by atoms with Crippen molar-refractivity contribution in [3.8, 4) is 0 Å². The van der Waals surface area contributed by atoms with E-state index in [1.54, 1.807) is 17.0 Å². The third-order valence-corrected chi connectivity index (χ3v) is 3.11. The Morgan fingerprint density at radius 2 is 2.06 bits per heavy atom. The number of rotatable bonds is 4. The Morgan fingerprint density at radius 1 is 1.28 bits per heavy atom. The van der Waals surface area contributed by atoms with Gasteiger partial charge in [0.15, 0.2) is 5.82 Å². The van der Waals surface area contributed by atoms with E-state index >= 15 is 0 Å².